The number of rotatable bonds is 4. The van der Waals surface area contributed by atoms with Gasteiger partial charge in [-0.05, 0) is 18.4 Å². The van der Waals surface area contributed by atoms with Gasteiger partial charge in [0.05, 0.1) is 12.7 Å². The third-order valence-electron chi connectivity index (χ3n) is 4.75. The minimum Gasteiger partial charge on any atom is -0.339 e. The molecule has 1 saturated heterocycles. The first kappa shape index (κ1) is 15.8. The summed E-state index contributed by atoms with van der Waals surface area (Å²) in [5.41, 5.74) is 1.47. The van der Waals surface area contributed by atoms with Gasteiger partial charge in [0.15, 0.2) is 5.69 Å². The number of hydrogen-bond donors (Lipinski definition) is 0. The first-order chi connectivity index (χ1) is 12.2. The molecule has 7 nitrogen and oxygen atoms in total. The van der Waals surface area contributed by atoms with Gasteiger partial charge in [-0.3, -0.25) is 9.59 Å². The molecular formula is C18H21N5O2. The summed E-state index contributed by atoms with van der Waals surface area (Å²) in [6, 6.07) is 9.94. The maximum atomic E-state index is 12.6. The fourth-order valence-electron chi connectivity index (χ4n) is 3.12. The van der Waals surface area contributed by atoms with Crippen LogP contribution >= 0.6 is 0 Å². The Kier molecular flexibility index (Phi) is 4.21. The van der Waals surface area contributed by atoms with Crippen molar-refractivity contribution in [2.45, 2.75) is 19.4 Å². The maximum absolute atomic E-state index is 12.6. The summed E-state index contributed by atoms with van der Waals surface area (Å²) in [6.07, 6.45) is 3.72. The Morgan fingerprint density at radius 1 is 1.00 bits per heavy atom. The van der Waals surface area contributed by atoms with E-state index >= 15 is 0 Å². The summed E-state index contributed by atoms with van der Waals surface area (Å²) in [6.45, 7) is 2.93. The average Bonchev–Trinajstić information content (AvgIpc) is 3.41. The molecule has 2 aliphatic rings. The SMILES string of the molecule is O=C(c1cn(Cc2ccccc2)nn1)N1CCN(C(=O)C2CC2)CC1. The molecule has 2 fully saturated rings. The van der Waals surface area contributed by atoms with Gasteiger partial charge >= 0.3 is 0 Å². The van der Waals surface area contributed by atoms with Gasteiger partial charge in [-0.25, -0.2) is 4.68 Å². The van der Waals surface area contributed by atoms with Gasteiger partial charge in [0.2, 0.25) is 5.91 Å². The van der Waals surface area contributed by atoms with Gasteiger partial charge in [-0.15, -0.1) is 5.10 Å². The van der Waals surface area contributed by atoms with Crippen molar-refractivity contribution >= 4 is 11.8 Å². The normalized spacial score (nSPS) is 17.6. The largest absolute Gasteiger partial charge is 0.339 e. The van der Waals surface area contributed by atoms with Crippen LogP contribution in [0.1, 0.15) is 28.9 Å². The van der Waals surface area contributed by atoms with Crippen molar-refractivity contribution in [3.05, 3.63) is 47.8 Å². The number of carbonyl (C=O) groups excluding carboxylic acids is 2. The summed E-state index contributed by atoms with van der Waals surface area (Å²) in [5, 5.41) is 8.08. The number of piperazine rings is 1. The van der Waals surface area contributed by atoms with E-state index in [4.69, 9.17) is 0 Å². The molecular weight excluding hydrogens is 318 g/mol. The van der Waals surface area contributed by atoms with Gasteiger partial charge < -0.3 is 9.80 Å². The molecule has 2 heterocycles. The van der Waals surface area contributed by atoms with E-state index < -0.39 is 0 Å². The number of aromatic nitrogens is 3. The third-order valence-corrected chi connectivity index (χ3v) is 4.75. The van der Waals surface area contributed by atoms with Crippen molar-refractivity contribution in [2.24, 2.45) is 5.92 Å². The zero-order valence-corrected chi connectivity index (χ0v) is 14.0. The van der Waals surface area contributed by atoms with Gasteiger partial charge in [0.25, 0.3) is 5.91 Å². The molecule has 1 aliphatic heterocycles. The predicted octanol–water partition coefficient (Wildman–Crippen LogP) is 1.02. The molecule has 2 amide bonds. The highest BCUT2D eigenvalue weighted by molar-refractivity contribution is 5.92. The van der Waals surface area contributed by atoms with Crippen LogP contribution in [0.5, 0.6) is 0 Å². The van der Waals surface area contributed by atoms with Crippen molar-refractivity contribution < 1.29 is 9.59 Å². The van der Waals surface area contributed by atoms with Crippen molar-refractivity contribution in [2.75, 3.05) is 26.2 Å². The van der Waals surface area contributed by atoms with Gasteiger partial charge in [0, 0.05) is 32.1 Å². The minimum absolute atomic E-state index is 0.113. The molecule has 0 atom stereocenters. The van der Waals surface area contributed by atoms with E-state index in [1.165, 1.54) is 0 Å². The number of nitrogens with zero attached hydrogens (tertiary/aromatic N) is 5. The molecule has 0 N–H and O–H groups in total. The summed E-state index contributed by atoms with van der Waals surface area (Å²) in [5.74, 6) is 0.374. The molecule has 1 aromatic heterocycles. The zero-order chi connectivity index (χ0) is 17.2. The third kappa shape index (κ3) is 3.55. The van der Waals surface area contributed by atoms with Gasteiger partial charge in [-0.2, -0.15) is 0 Å². The van der Waals surface area contributed by atoms with Crippen LogP contribution < -0.4 is 0 Å². The van der Waals surface area contributed by atoms with E-state index in [1.54, 1.807) is 15.8 Å². The molecule has 130 valence electrons. The Morgan fingerprint density at radius 2 is 1.68 bits per heavy atom. The fraction of sp³-hybridized carbons (Fsp3) is 0.444. The molecule has 7 heteroatoms. The van der Waals surface area contributed by atoms with Gasteiger partial charge in [0.1, 0.15) is 0 Å². The van der Waals surface area contributed by atoms with Crippen LogP contribution in [0.15, 0.2) is 36.5 Å². The Hall–Kier alpha value is -2.70. The molecule has 4 rings (SSSR count). The fourth-order valence-corrected chi connectivity index (χ4v) is 3.12. The first-order valence-corrected chi connectivity index (χ1v) is 8.73. The van der Waals surface area contributed by atoms with Crippen LogP contribution in [0.4, 0.5) is 0 Å². The van der Waals surface area contributed by atoms with Crippen LogP contribution in [0.2, 0.25) is 0 Å². The number of benzene rings is 1. The molecule has 0 unspecified atom stereocenters. The van der Waals surface area contributed by atoms with E-state index in [2.05, 4.69) is 10.3 Å². The standard InChI is InChI=1S/C18H21N5O2/c24-17(15-6-7-15)21-8-10-22(11-9-21)18(25)16-13-23(20-19-16)12-14-4-2-1-3-5-14/h1-5,13,15H,6-12H2. The van der Waals surface area contributed by atoms with Crippen LogP contribution in [0, 0.1) is 5.92 Å². The second kappa shape index (κ2) is 6.66. The Morgan fingerprint density at radius 3 is 2.36 bits per heavy atom. The molecule has 1 aliphatic carbocycles. The number of hydrogen-bond acceptors (Lipinski definition) is 4. The van der Waals surface area contributed by atoms with Crippen LogP contribution in [0.25, 0.3) is 0 Å². The average molecular weight is 339 g/mol. The van der Waals surface area contributed by atoms with Crippen LogP contribution in [-0.2, 0) is 11.3 Å². The van der Waals surface area contributed by atoms with Gasteiger partial charge in [-0.1, -0.05) is 35.5 Å². The molecule has 1 aromatic carbocycles. The smallest absolute Gasteiger partial charge is 0.276 e. The van der Waals surface area contributed by atoms with E-state index in [0.29, 0.717) is 38.4 Å². The zero-order valence-electron chi connectivity index (χ0n) is 14.0. The lowest BCUT2D eigenvalue weighted by Crippen LogP contribution is -2.51. The van der Waals surface area contributed by atoms with Crippen LogP contribution in [0.3, 0.4) is 0 Å². The Labute approximate surface area is 146 Å². The van der Waals surface area contributed by atoms with E-state index in [-0.39, 0.29) is 17.7 Å². The summed E-state index contributed by atoms with van der Waals surface area (Å²) in [4.78, 5) is 28.3. The van der Waals surface area contributed by atoms with Crippen molar-refractivity contribution in [3.63, 3.8) is 0 Å². The molecule has 1 saturated carbocycles. The van der Waals surface area contributed by atoms with Crippen LogP contribution in [-0.4, -0.2) is 62.8 Å². The van der Waals surface area contributed by atoms with E-state index in [0.717, 1.165) is 18.4 Å². The summed E-state index contributed by atoms with van der Waals surface area (Å²) < 4.78 is 1.68. The lowest BCUT2D eigenvalue weighted by molar-refractivity contribution is -0.134. The van der Waals surface area contributed by atoms with Crippen molar-refractivity contribution in [3.8, 4) is 0 Å². The molecule has 0 bridgehead atoms. The highest BCUT2D eigenvalue weighted by atomic mass is 16.2. The van der Waals surface area contributed by atoms with Crippen molar-refractivity contribution in [1.29, 1.82) is 0 Å². The first-order valence-electron chi connectivity index (χ1n) is 8.73. The second-order valence-electron chi connectivity index (χ2n) is 6.68. The lowest BCUT2D eigenvalue weighted by atomic mass is 10.2. The van der Waals surface area contributed by atoms with Crippen molar-refractivity contribution in [1.82, 2.24) is 24.8 Å². The molecule has 0 radical (unpaired) electrons. The van der Waals surface area contributed by atoms with E-state index in [9.17, 15) is 9.59 Å². The maximum Gasteiger partial charge on any atom is 0.276 e. The predicted molar refractivity (Wildman–Crippen MR) is 90.8 cm³/mol. The highest BCUT2D eigenvalue weighted by Gasteiger charge is 2.35. The minimum atomic E-state index is -0.113. The number of carbonyl (C=O) groups is 2. The monoisotopic (exact) mass is 339 g/mol. The molecule has 2 aromatic rings. The second-order valence-corrected chi connectivity index (χ2v) is 6.68. The molecule has 0 spiro atoms. The summed E-state index contributed by atoms with van der Waals surface area (Å²) in [7, 11) is 0. The Bertz CT molecular complexity index is 761. The quantitative estimate of drug-likeness (QED) is 0.834. The highest BCUT2D eigenvalue weighted by Crippen LogP contribution is 2.31. The summed E-state index contributed by atoms with van der Waals surface area (Å²) >= 11 is 0. The number of amides is 2. The lowest BCUT2D eigenvalue weighted by Gasteiger charge is -2.34. The molecule has 25 heavy (non-hydrogen) atoms. The topological polar surface area (TPSA) is 71.3 Å². The Balaban J connectivity index is 1.34. The van der Waals surface area contributed by atoms with E-state index in [1.807, 2.05) is 35.2 Å².